The first kappa shape index (κ1) is 11.7. The normalized spacial score (nSPS) is 11.4. The molecule has 0 unspecified atom stereocenters. The molecule has 0 saturated carbocycles. The van der Waals surface area contributed by atoms with Crippen LogP contribution in [0.4, 0.5) is 0 Å². The maximum atomic E-state index is 11.4. The lowest BCUT2D eigenvalue weighted by molar-refractivity contribution is -0.125. The monoisotopic (exact) mass is 276 g/mol. The Labute approximate surface area is 95.8 Å². The van der Waals surface area contributed by atoms with Crippen LogP contribution < -0.4 is 11.1 Å². The van der Waals surface area contributed by atoms with E-state index in [4.69, 9.17) is 5.73 Å². The quantitative estimate of drug-likeness (QED) is 0.886. The van der Waals surface area contributed by atoms with Gasteiger partial charge in [0, 0.05) is 4.88 Å². The molecule has 0 aliphatic heterocycles. The van der Waals surface area contributed by atoms with Gasteiger partial charge in [-0.05, 0) is 41.9 Å². The highest BCUT2D eigenvalue weighted by atomic mass is 79.9. The highest BCUT2D eigenvalue weighted by Gasteiger charge is 2.21. The summed E-state index contributed by atoms with van der Waals surface area (Å²) >= 11 is 4.96. The van der Waals surface area contributed by atoms with Crippen LogP contribution in [0.1, 0.15) is 18.7 Å². The predicted octanol–water partition coefficient (Wildman–Crippen LogP) is 1.86. The van der Waals surface area contributed by atoms with Crippen LogP contribution in [0, 0.1) is 0 Å². The standard InChI is InChI=1S/C9H13BrN2OS/c1-9(2,11)8(13)12-5-6-3-4-7(10)14-6/h3-4H,5,11H2,1-2H3,(H,12,13). The van der Waals surface area contributed by atoms with Gasteiger partial charge in [0.1, 0.15) is 0 Å². The summed E-state index contributed by atoms with van der Waals surface area (Å²) in [6, 6.07) is 3.93. The summed E-state index contributed by atoms with van der Waals surface area (Å²) in [6.07, 6.45) is 0. The minimum absolute atomic E-state index is 0.137. The Hall–Kier alpha value is -0.390. The molecule has 3 nitrogen and oxygen atoms in total. The van der Waals surface area contributed by atoms with Gasteiger partial charge in [0.05, 0.1) is 15.9 Å². The Morgan fingerprint density at radius 2 is 2.29 bits per heavy atom. The van der Waals surface area contributed by atoms with Gasteiger partial charge in [-0.3, -0.25) is 4.79 Å². The average molecular weight is 277 g/mol. The van der Waals surface area contributed by atoms with Gasteiger partial charge in [-0.2, -0.15) is 0 Å². The molecule has 5 heteroatoms. The fourth-order valence-corrected chi connectivity index (χ4v) is 2.26. The maximum absolute atomic E-state index is 11.4. The lowest BCUT2D eigenvalue weighted by atomic mass is 10.1. The molecule has 3 N–H and O–H groups in total. The summed E-state index contributed by atoms with van der Waals surface area (Å²) in [4.78, 5) is 12.5. The van der Waals surface area contributed by atoms with Crippen molar-refractivity contribution >= 4 is 33.2 Å². The zero-order valence-corrected chi connectivity index (χ0v) is 10.5. The van der Waals surface area contributed by atoms with Crippen LogP contribution in [0.3, 0.4) is 0 Å². The fourth-order valence-electron chi connectivity index (χ4n) is 0.842. The van der Waals surface area contributed by atoms with Crippen LogP contribution >= 0.6 is 27.3 Å². The Balaban J connectivity index is 2.46. The number of hydrogen-bond donors (Lipinski definition) is 2. The summed E-state index contributed by atoms with van der Waals surface area (Å²) in [6.45, 7) is 3.91. The lowest BCUT2D eigenvalue weighted by Crippen LogP contribution is -2.48. The van der Waals surface area contributed by atoms with Crippen molar-refractivity contribution in [1.29, 1.82) is 0 Å². The van der Waals surface area contributed by atoms with E-state index in [0.29, 0.717) is 6.54 Å². The molecule has 0 bridgehead atoms. The second kappa shape index (κ2) is 4.42. The van der Waals surface area contributed by atoms with Crippen LogP contribution in [0.15, 0.2) is 15.9 Å². The van der Waals surface area contributed by atoms with E-state index in [1.54, 1.807) is 25.2 Å². The smallest absolute Gasteiger partial charge is 0.239 e. The molecule has 0 aliphatic rings. The maximum Gasteiger partial charge on any atom is 0.239 e. The van der Waals surface area contributed by atoms with Crippen LogP contribution in [0.5, 0.6) is 0 Å². The molecule has 1 aromatic heterocycles. The minimum atomic E-state index is -0.811. The minimum Gasteiger partial charge on any atom is -0.350 e. The number of thiophene rings is 1. The number of carbonyl (C=O) groups is 1. The van der Waals surface area contributed by atoms with Crippen molar-refractivity contribution in [3.05, 3.63) is 20.8 Å². The summed E-state index contributed by atoms with van der Waals surface area (Å²) < 4.78 is 1.06. The van der Waals surface area contributed by atoms with Gasteiger partial charge < -0.3 is 11.1 Å². The van der Waals surface area contributed by atoms with E-state index in [1.807, 2.05) is 12.1 Å². The number of nitrogens with two attached hydrogens (primary N) is 1. The SMILES string of the molecule is CC(C)(N)C(=O)NCc1ccc(Br)s1. The summed E-state index contributed by atoms with van der Waals surface area (Å²) in [5.74, 6) is -0.137. The highest BCUT2D eigenvalue weighted by molar-refractivity contribution is 9.11. The third-order valence-corrected chi connectivity index (χ3v) is 3.26. The zero-order valence-electron chi connectivity index (χ0n) is 8.13. The first-order valence-electron chi connectivity index (χ1n) is 4.21. The molecule has 0 fully saturated rings. The van der Waals surface area contributed by atoms with Gasteiger partial charge in [0.25, 0.3) is 0 Å². The Morgan fingerprint density at radius 3 is 2.71 bits per heavy atom. The molecule has 1 rings (SSSR count). The van der Waals surface area contributed by atoms with Gasteiger partial charge in [-0.25, -0.2) is 0 Å². The average Bonchev–Trinajstić information content (AvgIpc) is 2.45. The second-order valence-electron chi connectivity index (χ2n) is 3.61. The summed E-state index contributed by atoms with van der Waals surface area (Å²) in [5.41, 5.74) is 4.82. The van der Waals surface area contributed by atoms with Gasteiger partial charge in [0.15, 0.2) is 0 Å². The molecule has 1 aromatic rings. The third-order valence-electron chi connectivity index (χ3n) is 1.64. The van der Waals surface area contributed by atoms with Crippen molar-refractivity contribution in [3.8, 4) is 0 Å². The topological polar surface area (TPSA) is 55.1 Å². The van der Waals surface area contributed by atoms with E-state index >= 15 is 0 Å². The van der Waals surface area contributed by atoms with Crippen LogP contribution in [0.25, 0.3) is 0 Å². The second-order valence-corrected chi connectivity index (χ2v) is 6.16. The van der Waals surface area contributed by atoms with Crippen molar-refractivity contribution < 1.29 is 4.79 Å². The molecule has 1 heterocycles. The van der Waals surface area contributed by atoms with Crippen molar-refractivity contribution in [2.24, 2.45) is 5.73 Å². The zero-order chi connectivity index (χ0) is 10.8. The largest absolute Gasteiger partial charge is 0.350 e. The van der Waals surface area contributed by atoms with Crippen LogP contribution in [-0.4, -0.2) is 11.4 Å². The Morgan fingerprint density at radius 1 is 1.64 bits per heavy atom. The molecule has 78 valence electrons. The van der Waals surface area contributed by atoms with Crippen molar-refractivity contribution in [2.75, 3.05) is 0 Å². The number of hydrogen-bond acceptors (Lipinski definition) is 3. The molecule has 0 aliphatic carbocycles. The number of nitrogens with one attached hydrogen (secondary N) is 1. The number of amides is 1. The molecule has 1 amide bonds. The summed E-state index contributed by atoms with van der Waals surface area (Å²) in [5, 5.41) is 2.78. The Bertz CT molecular complexity index is 330. The fraction of sp³-hybridized carbons (Fsp3) is 0.444. The van der Waals surface area contributed by atoms with E-state index < -0.39 is 5.54 Å². The highest BCUT2D eigenvalue weighted by Crippen LogP contribution is 2.21. The molecule has 0 atom stereocenters. The van der Waals surface area contributed by atoms with Crippen molar-refractivity contribution in [3.63, 3.8) is 0 Å². The molecule has 0 saturated heterocycles. The first-order chi connectivity index (χ1) is 6.39. The number of carbonyl (C=O) groups excluding carboxylic acids is 1. The molecular weight excluding hydrogens is 264 g/mol. The lowest BCUT2D eigenvalue weighted by Gasteiger charge is -2.17. The van der Waals surface area contributed by atoms with E-state index in [1.165, 1.54) is 0 Å². The molecule has 0 aromatic carbocycles. The molecule has 14 heavy (non-hydrogen) atoms. The predicted molar refractivity (Wildman–Crippen MR) is 62.1 cm³/mol. The van der Waals surface area contributed by atoms with Gasteiger partial charge in [-0.1, -0.05) is 0 Å². The van der Waals surface area contributed by atoms with Crippen LogP contribution in [-0.2, 0) is 11.3 Å². The first-order valence-corrected chi connectivity index (χ1v) is 5.82. The molecular formula is C9H13BrN2OS. The Kier molecular flexibility index (Phi) is 3.69. The van der Waals surface area contributed by atoms with Gasteiger partial charge in [-0.15, -0.1) is 11.3 Å². The summed E-state index contributed by atoms with van der Waals surface area (Å²) in [7, 11) is 0. The van der Waals surface area contributed by atoms with E-state index in [0.717, 1.165) is 8.66 Å². The third kappa shape index (κ3) is 3.40. The van der Waals surface area contributed by atoms with E-state index in [2.05, 4.69) is 21.2 Å². The van der Waals surface area contributed by atoms with Gasteiger partial charge in [0.2, 0.25) is 5.91 Å². The molecule has 0 spiro atoms. The van der Waals surface area contributed by atoms with Crippen molar-refractivity contribution in [1.82, 2.24) is 5.32 Å². The number of rotatable bonds is 3. The number of halogens is 1. The van der Waals surface area contributed by atoms with E-state index in [-0.39, 0.29) is 5.91 Å². The van der Waals surface area contributed by atoms with E-state index in [9.17, 15) is 4.79 Å². The molecule has 0 radical (unpaired) electrons. The van der Waals surface area contributed by atoms with Crippen LogP contribution in [0.2, 0.25) is 0 Å². The van der Waals surface area contributed by atoms with Crippen molar-refractivity contribution in [2.45, 2.75) is 25.9 Å². The van der Waals surface area contributed by atoms with Gasteiger partial charge >= 0.3 is 0 Å².